The molecule has 2 rings (SSSR count). The van der Waals surface area contributed by atoms with Crippen molar-refractivity contribution in [3.63, 3.8) is 0 Å². The molecule has 0 spiro atoms. The Morgan fingerprint density at radius 3 is 2.57 bits per heavy atom. The van der Waals surface area contributed by atoms with Gasteiger partial charge in [-0.05, 0) is 31.0 Å². The third-order valence-corrected chi connectivity index (χ3v) is 5.47. The maximum Gasteiger partial charge on any atom is 0.335 e. The van der Waals surface area contributed by atoms with Crippen molar-refractivity contribution in [2.75, 3.05) is 20.3 Å². The molecule has 0 aliphatic carbocycles. The van der Waals surface area contributed by atoms with Gasteiger partial charge >= 0.3 is 5.97 Å². The molecule has 1 saturated heterocycles. The third kappa shape index (κ3) is 3.22. The summed E-state index contributed by atoms with van der Waals surface area (Å²) < 4.78 is 45.1. The molecule has 1 aliphatic heterocycles. The largest absolute Gasteiger partial charge is 0.478 e. The molecule has 21 heavy (non-hydrogen) atoms. The van der Waals surface area contributed by atoms with Gasteiger partial charge in [0.05, 0.1) is 5.56 Å². The van der Waals surface area contributed by atoms with Gasteiger partial charge in [0.2, 0.25) is 10.0 Å². The van der Waals surface area contributed by atoms with Crippen LogP contribution in [-0.4, -0.2) is 50.1 Å². The van der Waals surface area contributed by atoms with Crippen LogP contribution in [0.1, 0.15) is 23.2 Å². The molecule has 0 saturated carbocycles. The lowest BCUT2D eigenvalue weighted by atomic mass is 10.1. The standard InChI is InChI=1S/C13H16FNO5S/c1-15(10-4-6-20-7-5-10)21(18,19)12-8-9(13(16)17)2-3-11(12)14/h2-3,8,10H,4-7H2,1H3,(H,16,17). The van der Waals surface area contributed by atoms with E-state index in [-0.39, 0.29) is 11.6 Å². The van der Waals surface area contributed by atoms with E-state index < -0.39 is 26.7 Å². The summed E-state index contributed by atoms with van der Waals surface area (Å²) in [7, 11) is -2.71. The Hall–Kier alpha value is -1.51. The van der Waals surface area contributed by atoms with Gasteiger partial charge in [0, 0.05) is 26.3 Å². The van der Waals surface area contributed by atoms with Crippen LogP contribution in [0.3, 0.4) is 0 Å². The van der Waals surface area contributed by atoms with Gasteiger partial charge in [-0.1, -0.05) is 0 Å². The monoisotopic (exact) mass is 317 g/mol. The molecule has 0 unspecified atom stereocenters. The lowest BCUT2D eigenvalue weighted by Crippen LogP contribution is -2.40. The molecule has 0 amide bonds. The summed E-state index contributed by atoms with van der Waals surface area (Å²) >= 11 is 0. The van der Waals surface area contributed by atoms with E-state index in [1.165, 1.54) is 7.05 Å². The van der Waals surface area contributed by atoms with Crippen molar-refractivity contribution in [2.45, 2.75) is 23.8 Å². The molecule has 1 N–H and O–H groups in total. The highest BCUT2D eigenvalue weighted by Gasteiger charge is 2.31. The van der Waals surface area contributed by atoms with Gasteiger partial charge in [-0.15, -0.1) is 0 Å². The van der Waals surface area contributed by atoms with E-state index in [2.05, 4.69) is 0 Å². The summed E-state index contributed by atoms with van der Waals surface area (Å²) in [5.41, 5.74) is -0.268. The van der Waals surface area contributed by atoms with E-state index in [9.17, 15) is 17.6 Å². The van der Waals surface area contributed by atoms with Crippen molar-refractivity contribution in [1.82, 2.24) is 4.31 Å². The Balaban J connectivity index is 2.38. The van der Waals surface area contributed by atoms with Crippen LogP contribution in [0, 0.1) is 5.82 Å². The number of rotatable bonds is 4. The Bertz CT molecular complexity index is 640. The van der Waals surface area contributed by atoms with Crippen LogP contribution in [0.5, 0.6) is 0 Å². The van der Waals surface area contributed by atoms with E-state index >= 15 is 0 Å². The highest BCUT2D eigenvalue weighted by molar-refractivity contribution is 7.89. The summed E-state index contributed by atoms with van der Waals surface area (Å²) in [5, 5.41) is 8.91. The number of sulfonamides is 1. The molecule has 1 fully saturated rings. The van der Waals surface area contributed by atoms with Gasteiger partial charge < -0.3 is 9.84 Å². The predicted octanol–water partition coefficient (Wildman–Crippen LogP) is 1.32. The number of hydrogen-bond donors (Lipinski definition) is 1. The molecule has 1 aliphatic rings. The number of halogens is 1. The number of ether oxygens (including phenoxy) is 1. The second-order valence-electron chi connectivity index (χ2n) is 4.82. The second kappa shape index (κ2) is 6.08. The molecule has 0 bridgehead atoms. The molecule has 116 valence electrons. The minimum atomic E-state index is -4.09. The molecule has 0 aromatic heterocycles. The maximum atomic E-state index is 13.8. The van der Waals surface area contributed by atoms with Crippen molar-refractivity contribution < 1.29 is 27.4 Å². The lowest BCUT2D eigenvalue weighted by Gasteiger charge is -2.30. The zero-order valence-electron chi connectivity index (χ0n) is 11.5. The van der Waals surface area contributed by atoms with Crippen LogP contribution in [0.2, 0.25) is 0 Å². The first-order chi connectivity index (χ1) is 9.84. The van der Waals surface area contributed by atoms with Crippen LogP contribution >= 0.6 is 0 Å². The van der Waals surface area contributed by atoms with E-state index in [0.717, 1.165) is 22.5 Å². The van der Waals surface area contributed by atoms with Crippen LogP contribution in [0.4, 0.5) is 4.39 Å². The Labute approximate surface area is 122 Å². The molecular weight excluding hydrogens is 301 g/mol. The van der Waals surface area contributed by atoms with Gasteiger partial charge in [0.15, 0.2) is 0 Å². The van der Waals surface area contributed by atoms with E-state index in [4.69, 9.17) is 9.84 Å². The summed E-state index contributed by atoms with van der Waals surface area (Å²) in [6, 6.07) is 2.46. The van der Waals surface area contributed by atoms with Crippen molar-refractivity contribution in [3.8, 4) is 0 Å². The van der Waals surface area contributed by atoms with Gasteiger partial charge in [0.25, 0.3) is 0 Å². The first-order valence-corrected chi connectivity index (χ1v) is 7.86. The minimum Gasteiger partial charge on any atom is -0.478 e. The van der Waals surface area contributed by atoms with Crippen molar-refractivity contribution in [1.29, 1.82) is 0 Å². The molecule has 1 aromatic carbocycles. The molecule has 1 aromatic rings. The molecular formula is C13H16FNO5S. The zero-order valence-corrected chi connectivity index (χ0v) is 12.3. The molecule has 6 nitrogen and oxygen atoms in total. The summed E-state index contributed by atoms with van der Waals surface area (Å²) in [6.07, 6.45) is 1.05. The average molecular weight is 317 g/mol. The highest BCUT2D eigenvalue weighted by atomic mass is 32.2. The van der Waals surface area contributed by atoms with Crippen molar-refractivity contribution in [2.24, 2.45) is 0 Å². The van der Waals surface area contributed by atoms with Gasteiger partial charge in [-0.25, -0.2) is 17.6 Å². The number of benzene rings is 1. The van der Waals surface area contributed by atoms with Crippen molar-refractivity contribution in [3.05, 3.63) is 29.6 Å². The van der Waals surface area contributed by atoms with Crippen molar-refractivity contribution >= 4 is 16.0 Å². The number of carbonyl (C=O) groups is 1. The smallest absolute Gasteiger partial charge is 0.335 e. The summed E-state index contributed by atoms with van der Waals surface area (Å²) in [5.74, 6) is -2.26. The average Bonchev–Trinajstić information content (AvgIpc) is 2.47. The third-order valence-electron chi connectivity index (χ3n) is 3.54. The fourth-order valence-corrected chi connectivity index (χ4v) is 3.74. The van der Waals surface area contributed by atoms with E-state index in [1.807, 2.05) is 0 Å². The second-order valence-corrected chi connectivity index (χ2v) is 6.78. The minimum absolute atomic E-state index is 0.268. The fourth-order valence-electron chi connectivity index (χ4n) is 2.23. The highest BCUT2D eigenvalue weighted by Crippen LogP contribution is 2.24. The Kier molecular flexibility index (Phi) is 4.60. The van der Waals surface area contributed by atoms with Crippen LogP contribution < -0.4 is 0 Å². The first-order valence-electron chi connectivity index (χ1n) is 6.42. The predicted molar refractivity (Wildman–Crippen MR) is 72.1 cm³/mol. The molecule has 0 radical (unpaired) electrons. The Morgan fingerprint density at radius 1 is 1.38 bits per heavy atom. The number of aromatic carboxylic acids is 1. The number of carboxylic acid groups (broad SMARTS) is 1. The SMILES string of the molecule is CN(C1CCOCC1)S(=O)(=O)c1cc(C(=O)O)ccc1F. The van der Waals surface area contributed by atoms with Crippen LogP contribution in [-0.2, 0) is 14.8 Å². The quantitative estimate of drug-likeness (QED) is 0.905. The topological polar surface area (TPSA) is 83.9 Å². The molecule has 0 atom stereocenters. The summed E-state index contributed by atoms with van der Waals surface area (Å²) in [4.78, 5) is 10.3. The first kappa shape index (κ1) is 15.9. The number of hydrogen-bond acceptors (Lipinski definition) is 4. The van der Waals surface area contributed by atoms with Crippen LogP contribution in [0.25, 0.3) is 0 Å². The van der Waals surface area contributed by atoms with Gasteiger partial charge in [0.1, 0.15) is 10.7 Å². The Morgan fingerprint density at radius 2 is 2.00 bits per heavy atom. The van der Waals surface area contributed by atoms with E-state index in [0.29, 0.717) is 26.1 Å². The van der Waals surface area contributed by atoms with Crippen LogP contribution in [0.15, 0.2) is 23.1 Å². The zero-order chi connectivity index (χ0) is 15.6. The molecule has 1 heterocycles. The van der Waals surface area contributed by atoms with Gasteiger partial charge in [-0.2, -0.15) is 4.31 Å². The van der Waals surface area contributed by atoms with Gasteiger partial charge in [-0.3, -0.25) is 0 Å². The normalized spacial score (nSPS) is 17.1. The number of carboxylic acids is 1. The number of nitrogens with zero attached hydrogens (tertiary/aromatic N) is 1. The fraction of sp³-hybridized carbons (Fsp3) is 0.462. The van der Waals surface area contributed by atoms with E-state index in [1.54, 1.807) is 0 Å². The molecule has 8 heteroatoms. The maximum absolute atomic E-state index is 13.8. The summed E-state index contributed by atoms with van der Waals surface area (Å²) in [6.45, 7) is 0.893. The lowest BCUT2D eigenvalue weighted by molar-refractivity contribution is 0.0631.